The van der Waals surface area contributed by atoms with Crippen LogP contribution in [0.15, 0.2) is 60.7 Å². The van der Waals surface area contributed by atoms with Crippen molar-refractivity contribution in [2.45, 2.75) is 13.8 Å². The smallest absolute Gasteiger partial charge is 0.338 e. The second-order valence-corrected chi connectivity index (χ2v) is 7.99. The van der Waals surface area contributed by atoms with Gasteiger partial charge < -0.3 is 10.1 Å². The van der Waals surface area contributed by atoms with E-state index >= 15 is 0 Å². The molecule has 33 heavy (non-hydrogen) atoms. The van der Waals surface area contributed by atoms with E-state index in [0.29, 0.717) is 16.4 Å². The van der Waals surface area contributed by atoms with Gasteiger partial charge in [0.05, 0.1) is 22.4 Å². The van der Waals surface area contributed by atoms with Gasteiger partial charge in [0.15, 0.2) is 6.61 Å². The van der Waals surface area contributed by atoms with E-state index in [2.05, 4.69) is 5.32 Å². The highest BCUT2D eigenvalue weighted by Crippen LogP contribution is 2.32. The highest BCUT2D eigenvalue weighted by molar-refractivity contribution is 6.35. The summed E-state index contributed by atoms with van der Waals surface area (Å²) in [5, 5.41) is 3.11. The van der Waals surface area contributed by atoms with Crippen LogP contribution in [-0.2, 0) is 9.53 Å². The maximum absolute atomic E-state index is 13.0. The minimum atomic E-state index is -0.783. The summed E-state index contributed by atoms with van der Waals surface area (Å²) in [5.41, 5.74) is 3.16. The molecule has 3 amide bonds. The number of nitrogens with one attached hydrogen (secondary N) is 1. The maximum atomic E-state index is 13.0. The standard InChI is InChI=1S/C25H19ClN2O5/c1-14-4-3-5-21(15(14)2)28-23(30)19-11-6-16(12-20(19)24(28)31)25(32)33-13-22(29)27-18-9-7-17(26)8-10-18/h3-12H,13H2,1-2H3,(H,27,29). The Balaban J connectivity index is 1.47. The average molecular weight is 463 g/mol. The van der Waals surface area contributed by atoms with Gasteiger partial charge in [-0.25, -0.2) is 9.69 Å². The number of amides is 3. The van der Waals surface area contributed by atoms with E-state index < -0.39 is 30.3 Å². The molecule has 0 spiro atoms. The Bertz CT molecular complexity index is 1300. The van der Waals surface area contributed by atoms with Crippen molar-refractivity contribution in [3.63, 3.8) is 0 Å². The number of aryl methyl sites for hydroxylation is 1. The van der Waals surface area contributed by atoms with Crippen molar-refractivity contribution in [3.05, 3.63) is 93.5 Å². The highest BCUT2D eigenvalue weighted by atomic mass is 35.5. The molecule has 0 fully saturated rings. The van der Waals surface area contributed by atoms with E-state index in [1.807, 2.05) is 19.9 Å². The van der Waals surface area contributed by atoms with Gasteiger partial charge >= 0.3 is 5.97 Å². The Morgan fingerprint density at radius 3 is 2.36 bits per heavy atom. The largest absolute Gasteiger partial charge is 0.452 e. The molecule has 3 aromatic rings. The first-order valence-corrected chi connectivity index (χ1v) is 10.5. The summed E-state index contributed by atoms with van der Waals surface area (Å²) in [4.78, 5) is 51.5. The number of nitrogens with zero attached hydrogens (tertiary/aromatic N) is 1. The number of carbonyl (C=O) groups is 4. The SMILES string of the molecule is Cc1cccc(N2C(=O)c3ccc(C(=O)OCC(=O)Nc4ccc(Cl)cc4)cc3C2=O)c1C. The average Bonchev–Trinajstić information content (AvgIpc) is 3.05. The zero-order valence-electron chi connectivity index (χ0n) is 17.8. The molecule has 8 heteroatoms. The fourth-order valence-electron chi connectivity index (χ4n) is 3.51. The van der Waals surface area contributed by atoms with Crippen molar-refractivity contribution in [2.24, 2.45) is 0 Å². The third kappa shape index (κ3) is 4.36. The second kappa shape index (κ2) is 8.88. The topological polar surface area (TPSA) is 92.8 Å². The first-order valence-electron chi connectivity index (χ1n) is 10.1. The van der Waals surface area contributed by atoms with Gasteiger partial charge in [0, 0.05) is 10.7 Å². The van der Waals surface area contributed by atoms with Crippen LogP contribution in [0.5, 0.6) is 0 Å². The number of ether oxygens (including phenoxy) is 1. The molecule has 0 radical (unpaired) electrons. The van der Waals surface area contributed by atoms with E-state index in [4.69, 9.17) is 16.3 Å². The molecule has 0 unspecified atom stereocenters. The zero-order chi connectivity index (χ0) is 23.7. The fraction of sp³-hybridized carbons (Fsp3) is 0.120. The van der Waals surface area contributed by atoms with Crippen LogP contribution in [0.3, 0.4) is 0 Å². The Morgan fingerprint density at radius 1 is 0.939 bits per heavy atom. The number of benzene rings is 3. The molecule has 0 bridgehead atoms. The number of carbonyl (C=O) groups excluding carboxylic acids is 4. The monoisotopic (exact) mass is 462 g/mol. The van der Waals surface area contributed by atoms with Crippen molar-refractivity contribution in [2.75, 3.05) is 16.8 Å². The predicted octanol–water partition coefficient (Wildman–Crippen LogP) is 4.55. The summed E-state index contributed by atoms with van der Waals surface area (Å²) in [6.45, 7) is 3.22. The van der Waals surface area contributed by atoms with Crippen LogP contribution in [-0.4, -0.2) is 30.3 Å². The lowest BCUT2D eigenvalue weighted by Gasteiger charge is -2.17. The third-order valence-electron chi connectivity index (χ3n) is 5.40. The van der Waals surface area contributed by atoms with Crippen LogP contribution in [0, 0.1) is 13.8 Å². The molecule has 0 saturated carbocycles. The molecular formula is C25H19ClN2O5. The van der Waals surface area contributed by atoms with E-state index in [9.17, 15) is 19.2 Å². The number of imide groups is 1. The lowest BCUT2D eigenvalue weighted by Crippen LogP contribution is -2.30. The number of fused-ring (bicyclic) bond motifs is 1. The lowest BCUT2D eigenvalue weighted by molar-refractivity contribution is -0.119. The molecule has 1 heterocycles. The van der Waals surface area contributed by atoms with Crippen LogP contribution in [0.4, 0.5) is 11.4 Å². The van der Waals surface area contributed by atoms with Gasteiger partial charge in [0.25, 0.3) is 17.7 Å². The van der Waals surface area contributed by atoms with Crippen molar-refractivity contribution >= 4 is 46.7 Å². The summed E-state index contributed by atoms with van der Waals surface area (Å²) < 4.78 is 5.07. The van der Waals surface area contributed by atoms with Crippen LogP contribution in [0.2, 0.25) is 5.02 Å². The quantitative estimate of drug-likeness (QED) is 0.443. The zero-order valence-corrected chi connectivity index (χ0v) is 18.6. The van der Waals surface area contributed by atoms with E-state index in [-0.39, 0.29) is 16.7 Å². The van der Waals surface area contributed by atoms with Crippen molar-refractivity contribution in [1.29, 1.82) is 0 Å². The van der Waals surface area contributed by atoms with E-state index in [1.54, 1.807) is 36.4 Å². The van der Waals surface area contributed by atoms with Crippen LogP contribution in [0.1, 0.15) is 42.2 Å². The van der Waals surface area contributed by atoms with Gasteiger partial charge in [-0.2, -0.15) is 0 Å². The lowest BCUT2D eigenvalue weighted by atomic mass is 10.1. The minimum absolute atomic E-state index is 0.0667. The number of anilines is 2. The third-order valence-corrected chi connectivity index (χ3v) is 5.65. The molecule has 166 valence electrons. The molecule has 0 saturated heterocycles. The number of esters is 1. The summed E-state index contributed by atoms with van der Waals surface area (Å²) in [5.74, 6) is -2.28. The number of rotatable bonds is 5. The molecule has 4 rings (SSSR count). The van der Waals surface area contributed by atoms with Crippen molar-refractivity contribution in [3.8, 4) is 0 Å². The van der Waals surface area contributed by atoms with Gasteiger partial charge in [0.1, 0.15) is 0 Å². The number of hydrogen-bond donors (Lipinski definition) is 1. The fourth-order valence-corrected chi connectivity index (χ4v) is 3.64. The summed E-state index contributed by atoms with van der Waals surface area (Å²) in [6.07, 6.45) is 0. The summed E-state index contributed by atoms with van der Waals surface area (Å²) in [7, 11) is 0. The van der Waals surface area contributed by atoms with Crippen LogP contribution in [0.25, 0.3) is 0 Å². The molecule has 1 aliphatic rings. The number of halogens is 1. The molecule has 0 aromatic heterocycles. The van der Waals surface area contributed by atoms with Gasteiger partial charge in [-0.15, -0.1) is 0 Å². The van der Waals surface area contributed by atoms with Gasteiger partial charge in [-0.3, -0.25) is 14.4 Å². The first kappa shape index (κ1) is 22.2. The molecule has 0 atom stereocenters. The maximum Gasteiger partial charge on any atom is 0.338 e. The van der Waals surface area contributed by atoms with Crippen LogP contribution < -0.4 is 10.2 Å². The van der Waals surface area contributed by atoms with Crippen LogP contribution >= 0.6 is 11.6 Å². The Hall–Kier alpha value is -3.97. The molecule has 0 aliphatic carbocycles. The summed E-state index contributed by atoms with van der Waals surface area (Å²) >= 11 is 5.81. The van der Waals surface area contributed by atoms with Crippen molar-refractivity contribution < 1.29 is 23.9 Å². The molecule has 1 aliphatic heterocycles. The summed E-state index contributed by atoms with van der Waals surface area (Å²) in [6, 6.07) is 16.0. The molecule has 3 aromatic carbocycles. The predicted molar refractivity (Wildman–Crippen MR) is 124 cm³/mol. The minimum Gasteiger partial charge on any atom is -0.452 e. The molecule has 7 nitrogen and oxygen atoms in total. The Labute approximate surface area is 194 Å². The van der Waals surface area contributed by atoms with E-state index in [1.165, 1.54) is 18.2 Å². The first-order chi connectivity index (χ1) is 15.8. The van der Waals surface area contributed by atoms with Gasteiger partial charge in [0.2, 0.25) is 0 Å². The molecular weight excluding hydrogens is 444 g/mol. The highest BCUT2D eigenvalue weighted by Gasteiger charge is 2.38. The Kier molecular flexibility index (Phi) is 5.98. The van der Waals surface area contributed by atoms with E-state index in [0.717, 1.165) is 16.0 Å². The second-order valence-electron chi connectivity index (χ2n) is 7.56. The molecule has 1 N–H and O–H groups in total. The Morgan fingerprint density at radius 2 is 1.64 bits per heavy atom. The van der Waals surface area contributed by atoms with Gasteiger partial charge in [-0.1, -0.05) is 23.7 Å². The van der Waals surface area contributed by atoms with Gasteiger partial charge in [-0.05, 0) is 73.5 Å². The van der Waals surface area contributed by atoms with Crippen molar-refractivity contribution in [1.82, 2.24) is 0 Å². The normalized spacial score (nSPS) is 12.5. The number of hydrogen-bond acceptors (Lipinski definition) is 5.